The summed E-state index contributed by atoms with van der Waals surface area (Å²) in [6.45, 7) is 1.78. The van der Waals surface area contributed by atoms with Crippen molar-refractivity contribution < 1.29 is 9.32 Å². The summed E-state index contributed by atoms with van der Waals surface area (Å²) >= 11 is 0. The van der Waals surface area contributed by atoms with Gasteiger partial charge in [0.05, 0.1) is 12.1 Å². The average molecular weight is 260 g/mol. The second-order valence-electron chi connectivity index (χ2n) is 4.32. The first-order valence-corrected chi connectivity index (χ1v) is 6.03. The van der Waals surface area contributed by atoms with Gasteiger partial charge >= 0.3 is 0 Å². The molecule has 3 N–H and O–H groups in total. The third kappa shape index (κ3) is 3.62. The topological polar surface area (TPSA) is 94.0 Å². The monoisotopic (exact) mass is 260 g/mol. The maximum atomic E-state index is 11.9. The van der Waals surface area contributed by atoms with Crippen molar-refractivity contribution in [3.8, 4) is 0 Å². The summed E-state index contributed by atoms with van der Waals surface area (Å²) in [5.74, 6) is 0.196. The minimum atomic E-state index is -0.600. The molecule has 1 amide bonds. The van der Waals surface area contributed by atoms with Crippen molar-refractivity contribution in [1.29, 1.82) is 0 Å². The number of nitrogens with two attached hydrogens (primary N) is 1. The Bertz CT molecular complexity index is 513. The summed E-state index contributed by atoms with van der Waals surface area (Å²) in [5.41, 5.74) is 6.90. The average Bonchev–Trinajstić information content (AvgIpc) is 2.93. The van der Waals surface area contributed by atoms with Crippen LogP contribution < -0.4 is 11.1 Å². The van der Waals surface area contributed by atoms with Gasteiger partial charge in [-0.1, -0.05) is 35.5 Å². The highest BCUT2D eigenvalue weighted by Crippen LogP contribution is 2.07. The van der Waals surface area contributed by atoms with E-state index in [4.69, 9.17) is 5.73 Å². The number of aromatic nitrogens is 2. The highest BCUT2D eigenvalue weighted by atomic mass is 16.5. The summed E-state index contributed by atoms with van der Waals surface area (Å²) in [6.07, 6.45) is 1.72. The first kappa shape index (κ1) is 13.2. The molecular weight excluding hydrogens is 244 g/mol. The highest BCUT2D eigenvalue weighted by molar-refractivity contribution is 5.82. The summed E-state index contributed by atoms with van der Waals surface area (Å²) in [6, 6.07) is 8.72. The molecule has 1 aromatic carbocycles. The fourth-order valence-electron chi connectivity index (χ4n) is 1.72. The first-order chi connectivity index (χ1) is 9.16. The van der Waals surface area contributed by atoms with Crippen molar-refractivity contribution in [1.82, 2.24) is 15.5 Å². The molecule has 2 unspecified atom stereocenters. The predicted molar refractivity (Wildman–Crippen MR) is 69.0 cm³/mol. The minimum Gasteiger partial charge on any atom is -0.345 e. The number of carbonyl (C=O) groups excluding carboxylic acids is 1. The number of benzene rings is 1. The van der Waals surface area contributed by atoms with Crippen LogP contribution in [0, 0.1) is 0 Å². The van der Waals surface area contributed by atoms with Crippen LogP contribution in [0.4, 0.5) is 0 Å². The second-order valence-corrected chi connectivity index (χ2v) is 4.32. The molecule has 0 bridgehead atoms. The van der Waals surface area contributed by atoms with E-state index in [2.05, 4.69) is 20.0 Å². The standard InChI is InChI=1S/C13H16N4O2/c1-9(12-15-8-19-17-12)16-13(18)11(14)7-10-5-3-2-4-6-10/h2-6,8-9,11H,7,14H2,1H3,(H,16,18). The molecule has 100 valence electrons. The maximum absolute atomic E-state index is 11.9. The lowest BCUT2D eigenvalue weighted by Crippen LogP contribution is -2.43. The molecule has 0 aliphatic carbocycles. The van der Waals surface area contributed by atoms with Crippen LogP contribution in [0.25, 0.3) is 0 Å². The van der Waals surface area contributed by atoms with Gasteiger partial charge in [-0.3, -0.25) is 4.79 Å². The van der Waals surface area contributed by atoms with Gasteiger partial charge in [-0.2, -0.15) is 4.98 Å². The van der Waals surface area contributed by atoms with Gasteiger partial charge in [0.15, 0.2) is 5.82 Å². The van der Waals surface area contributed by atoms with Crippen LogP contribution in [0.2, 0.25) is 0 Å². The molecule has 6 nitrogen and oxygen atoms in total. The molecular formula is C13H16N4O2. The minimum absolute atomic E-state index is 0.235. The molecule has 0 spiro atoms. The fraction of sp³-hybridized carbons (Fsp3) is 0.308. The van der Waals surface area contributed by atoms with Crippen LogP contribution in [0.1, 0.15) is 24.4 Å². The lowest BCUT2D eigenvalue weighted by Gasteiger charge is -2.15. The molecule has 6 heteroatoms. The van der Waals surface area contributed by atoms with Gasteiger partial charge in [-0.05, 0) is 18.9 Å². The second kappa shape index (κ2) is 6.10. The molecule has 0 saturated carbocycles. The number of carbonyl (C=O) groups is 1. The number of rotatable bonds is 5. The zero-order valence-electron chi connectivity index (χ0n) is 10.6. The van der Waals surface area contributed by atoms with E-state index < -0.39 is 6.04 Å². The Morgan fingerprint density at radius 1 is 1.42 bits per heavy atom. The first-order valence-electron chi connectivity index (χ1n) is 6.03. The fourth-order valence-corrected chi connectivity index (χ4v) is 1.72. The van der Waals surface area contributed by atoms with Crippen molar-refractivity contribution >= 4 is 5.91 Å². The molecule has 0 fully saturated rings. The Morgan fingerprint density at radius 3 is 2.79 bits per heavy atom. The Kier molecular flexibility index (Phi) is 4.25. The molecule has 19 heavy (non-hydrogen) atoms. The molecule has 2 atom stereocenters. The van der Waals surface area contributed by atoms with Gasteiger partial charge < -0.3 is 15.6 Å². The predicted octanol–water partition coefficient (Wildman–Crippen LogP) is 0.817. The van der Waals surface area contributed by atoms with E-state index in [1.807, 2.05) is 30.3 Å². The van der Waals surface area contributed by atoms with Crippen LogP contribution in [0.3, 0.4) is 0 Å². The van der Waals surface area contributed by atoms with Crippen LogP contribution in [-0.4, -0.2) is 22.1 Å². The van der Waals surface area contributed by atoms with Crippen molar-refractivity contribution in [3.63, 3.8) is 0 Å². The van der Waals surface area contributed by atoms with Crippen LogP contribution in [0.15, 0.2) is 41.2 Å². The number of amides is 1. The Morgan fingerprint density at radius 2 is 2.16 bits per heavy atom. The summed E-state index contributed by atoms with van der Waals surface area (Å²) in [4.78, 5) is 15.8. The van der Waals surface area contributed by atoms with Crippen LogP contribution in [0.5, 0.6) is 0 Å². The number of hydrogen-bond acceptors (Lipinski definition) is 5. The van der Waals surface area contributed by atoms with Crippen molar-refractivity contribution in [3.05, 3.63) is 48.1 Å². The van der Waals surface area contributed by atoms with Gasteiger partial charge in [-0.15, -0.1) is 0 Å². The zero-order valence-corrected chi connectivity index (χ0v) is 10.6. The van der Waals surface area contributed by atoms with Crippen molar-refractivity contribution in [2.45, 2.75) is 25.4 Å². The molecule has 0 saturated heterocycles. The zero-order chi connectivity index (χ0) is 13.7. The summed E-state index contributed by atoms with van der Waals surface area (Å²) in [5, 5.41) is 6.42. The Hall–Kier alpha value is -2.21. The third-order valence-electron chi connectivity index (χ3n) is 2.76. The SMILES string of the molecule is CC(NC(=O)C(N)Cc1ccccc1)c1ncon1. The number of nitrogens with zero attached hydrogens (tertiary/aromatic N) is 2. The normalized spacial score (nSPS) is 13.8. The van der Waals surface area contributed by atoms with Gasteiger partial charge in [0.2, 0.25) is 12.3 Å². The molecule has 0 radical (unpaired) electrons. The quantitative estimate of drug-likeness (QED) is 0.830. The van der Waals surface area contributed by atoms with Gasteiger partial charge in [0.1, 0.15) is 0 Å². The van der Waals surface area contributed by atoms with Crippen LogP contribution >= 0.6 is 0 Å². The van der Waals surface area contributed by atoms with E-state index >= 15 is 0 Å². The third-order valence-corrected chi connectivity index (χ3v) is 2.76. The van der Waals surface area contributed by atoms with Gasteiger partial charge in [-0.25, -0.2) is 0 Å². The maximum Gasteiger partial charge on any atom is 0.237 e. The van der Waals surface area contributed by atoms with E-state index in [0.717, 1.165) is 5.56 Å². The van der Waals surface area contributed by atoms with E-state index in [0.29, 0.717) is 12.2 Å². The summed E-state index contributed by atoms with van der Waals surface area (Å²) in [7, 11) is 0. The van der Waals surface area contributed by atoms with Gasteiger partial charge in [0, 0.05) is 0 Å². The van der Waals surface area contributed by atoms with E-state index in [1.54, 1.807) is 6.92 Å². The largest absolute Gasteiger partial charge is 0.345 e. The van der Waals surface area contributed by atoms with E-state index in [-0.39, 0.29) is 11.9 Å². The van der Waals surface area contributed by atoms with E-state index in [9.17, 15) is 4.79 Å². The molecule has 0 aliphatic rings. The molecule has 1 heterocycles. The molecule has 2 rings (SSSR count). The molecule has 0 aliphatic heterocycles. The Balaban J connectivity index is 1.89. The van der Waals surface area contributed by atoms with Gasteiger partial charge in [0.25, 0.3) is 0 Å². The molecule has 2 aromatic rings. The lowest BCUT2D eigenvalue weighted by molar-refractivity contribution is -0.123. The molecule has 1 aromatic heterocycles. The summed E-state index contributed by atoms with van der Waals surface area (Å²) < 4.78 is 4.63. The number of nitrogens with one attached hydrogen (secondary N) is 1. The van der Waals surface area contributed by atoms with E-state index in [1.165, 1.54) is 6.39 Å². The van der Waals surface area contributed by atoms with Crippen molar-refractivity contribution in [2.75, 3.05) is 0 Å². The number of hydrogen-bond donors (Lipinski definition) is 2. The highest BCUT2D eigenvalue weighted by Gasteiger charge is 2.18. The lowest BCUT2D eigenvalue weighted by atomic mass is 10.1. The van der Waals surface area contributed by atoms with Crippen molar-refractivity contribution in [2.24, 2.45) is 5.73 Å². The Labute approximate surface area is 111 Å². The smallest absolute Gasteiger partial charge is 0.237 e. The van der Waals surface area contributed by atoms with Crippen LogP contribution in [-0.2, 0) is 11.2 Å².